The molecule has 0 radical (unpaired) electrons. The highest BCUT2D eigenvalue weighted by Crippen LogP contribution is 2.15. The number of carboxylic acids is 1. The van der Waals surface area contributed by atoms with E-state index in [0.717, 1.165) is 16.7 Å². The number of benzene rings is 1. The van der Waals surface area contributed by atoms with Gasteiger partial charge in [-0.2, -0.15) is 11.3 Å². The highest BCUT2D eigenvalue weighted by Gasteiger charge is 2.22. The Morgan fingerprint density at radius 3 is 2.59 bits per heavy atom. The van der Waals surface area contributed by atoms with Crippen LogP contribution in [0, 0.1) is 6.92 Å². The predicted octanol–water partition coefficient (Wildman–Crippen LogP) is 2.98. The molecule has 0 aliphatic rings. The molecule has 0 fully saturated rings. The van der Waals surface area contributed by atoms with Gasteiger partial charge in [0.2, 0.25) is 0 Å². The zero-order valence-corrected chi connectivity index (χ0v) is 12.9. The van der Waals surface area contributed by atoms with E-state index in [1.807, 2.05) is 48.0 Å². The van der Waals surface area contributed by atoms with Crippen molar-refractivity contribution < 1.29 is 19.4 Å². The van der Waals surface area contributed by atoms with Crippen LogP contribution in [-0.4, -0.2) is 23.2 Å². The highest BCUT2D eigenvalue weighted by molar-refractivity contribution is 7.08. The van der Waals surface area contributed by atoms with Crippen molar-refractivity contribution in [1.82, 2.24) is 5.32 Å². The Morgan fingerprint density at radius 1 is 1.27 bits per heavy atom. The quantitative estimate of drug-likeness (QED) is 0.858. The van der Waals surface area contributed by atoms with Gasteiger partial charge in [0, 0.05) is 6.42 Å². The summed E-state index contributed by atoms with van der Waals surface area (Å²) < 4.78 is 5.05. The van der Waals surface area contributed by atoms with Gasteiger partial charge in [-0.05, 0) is 34.4 Å². The fraction of sp³-hybridized carbons (Fsp3) is 0.250. The summed E-state index contributed by atoms with van der Waals surface area (Å²) >= 11 is 1.51. The average molecular weight is 319 g/mol. The van der Waals surface area contributed by atoms with E-state index in [1.54, 1.807) is 0 Å². The van der Waals surface area contributed by atoms with Gasteiger partial charge in [-0.15, -0.1) is 0 Å². The van der Waals surface area contributed by atoms with Gasteiger partial charge in [0.25, 0.3) is 0 Å². The van der Waals surface area contributed by atoms with Crippen molar-refractivity contribution in [1.29, 1.82) is 0 Å². The van der Waals surface area contributed by atoms with E-state index in [9.17, 15) is 14.7 Å². The van der Waals surface area contributed by atoms with Gasteiger partial charge in [-0.3, -0.25) is 0 Å². The lowest BCUT2D eigenvalue weighted by atomic mass is 10.1. The van der Waals surface area contributed by atoms with Gasteiger partial charge in [0.05, 0.1) is 0 Å². The van der Waals surface area contributed by atoms with Crippen molar-refractivity contribution >= 4 is 23.4 Å². The van der Waals surface area contributed by atoms with E-state index in [0.29, 0.717) is 0 Å². The summed E-state index contributed by atoms with van der Waals surface area (Å²) in [6.45, 7) is 2.02. The summed E-state index contributed by atoms with van der Waals surface area (Å²) in [5, 5.41) is 15.5. The van der Waals surface area contributed by atoms with E-state index in [4.69, 9.17) is 4.74 Å². The van der Waals surface area contributed by atoms with E-state index in [1.165, 1.54) is 11.3 Å². The molecule has 1 aromatic carbocycles. The molecule has 22 heavy (non-hydrogen) atoms. The van der Waals surface area contributed by atoms with Crippen molar-refractivity contribution in [3.05, 3.63) is 57.8 Å². The molecular weight excluding hydrogens is 302 g/mol. The Hall–Kier alpha value is -2.34. The first-order valence-corrected chi connectivity index (χ1v) is 7.72. The molecule has 1 amide bonds. The van der Waals surface area contributed by atoms with Crippen LogP contribution in [0.5, 0.6) is 0 Å². The first-order valence-electron chi connectivity index (χ1n) is 6.78. The second-order valence-corrected chi connectivity index (χ2v) is 5.62. The first kappa shape index (κ1) is 16.0. The lowest BCUT2D eigenvalue weighted by molar-refractivity contribution is -0.139. The third-order valence-electron chi connectivity index (χ3n) is 3.19. The maximum absolute atomic E-state index is 11.8. The number of thiophene rings is 1. The lowest BCUT2D eigenvalue weighted by Gasteiger charge is -2.14. The minimum atomic E-state index is -1.08. The molecular formula is C16H17NO4S. The van der Waals surface area contributed by atoms with Crippen LogP contribution in [0.2, 0.25) is 0 Å². The van der Waals surface area contributed by atoms with E-state index < -0.39 is 18.1 Å². The number of carboxylic acid groups (broad SMARTS) is 1. The third-order valence-corrected chi connectivity index (χ3v) is 4.10. The van der Waals surface area contributed by atoms with Crippen molar-refractivity contribution in [3.8, 4) is 0 Å². The largest absolute Gasteiger partial charge is 0.480 e. The third kappa shape index (κ3) is 4.60. The van der Waals surface area contributed by atoms with Crippen LogP contribution < -0.4 is 5.32 Å². The van der Waals surface area contributed by atoms with Gasteiger partial charge in [0.1, 0.15) is 12.6 Å². The Kier molecular flexibility index (Phi) is 5.55. The van der Waals surface area contributed by atoms with Crippen LogP contribution in [0.1, 0.15) is 16.7 Å². The fourth-order valence-electron chi connectivity index (χ4n) is 1.92. The van der Waals surface area contributed by atoms with Crippen molar-refractivity contribution in [2.75, 3.05) is 0 Å². The minimum absolute atomic E-state index is 0.108. The molecule has 1 atom stereocenters. The number of rotatable bonds is 6. The average Bonchev–Trinajstić information content (AvgIpc) is 2.91. The number of aryl methyl sites for hydroxylation is 1. The lowest BCUT2D eigenvalue weighted by Crippen LogP contribution is -2.42. The number of carbonyl (C=O) groups excluding carboxylic acids is 1. The molecule has 6 heteroatoms. The van der Waals surface area contributed by atoms with Gasteiger partial charge < -0.3 is 15.2 Å². The summed E-state index contributed by atoms with van der Waals surface area (Å²) in [4.78, 5) is 23.0. The zero-order chi connectivity index (χ0) is 15.9. The van der Waals surface area contributed by atoms with Crippen molar-refractivity contribution in [2.24, 2.45) is 0 Å². The molecule has 0 saturated heterocycles. The number of aliphatic carboxylic acids is 1. The Morgan fingerprint density at radius 2 is 2.00 bits per heavy atom. The van der Waals surface area contributed by atoms with Crippen molar-refractivity contribution in [3.63, 3.8) is 0 Å². The molecule has 2 N–H and O–H groups in total. The van der Waals surface area contributed by atoms with Crippen LogP contribution >= 0.6 is 11.3 Å². The number of hydrogen-bond acceptors (Lipinski definition) is 4. The van der Waals surface area contributed by atoms with Gasteiger partial charge in [-0.25, -0.2) is 9.59 Å². The summed E-state index contributed by atoms with van der Waals surface area (Å²) in [7, 11) is 0. The number of nitrogens with one attached hydrogen (secondary N) is 1. The van der Waals surface area contributed by atoms with E-state index in [2.05, 4.69) is 5.32 Å². The van der Waals surface area contributed by atoms with Crippen LogP contribution in [0.3, 0.4) is 0 Å². The number of alkyl carbamates (subject to hydrolysis) is 1. The van der Waals surface area contributed by atoms with Crippen LogP contribution in [-0.2, 0) is 22.6 Å². The number of ether oxygens (including phenoxy) is 1. The van der Waals surface area contributed by atoms with Crippen LogP contribution in [0.15, 0.2) is 41.1 Å². The zero-order valence-electron chi connectivity index (χ0n) is 12.1. The minimum Gasteiger partial charge on any atom is -0.480 e. The topological polar surface area (TPSA) is 75.6 Å². The molecule has 0 aliphatic heterocycles. The van der Waals surface area contributed by atoms with Gasteiger partial charge >= 0.3 is 12.1 Å². The SMILES string of the molecule is Cc1cscc1CC(NC(=O)OCc1ccccc1)C(=O)O. The van der Waals surface area contributed by atoms with E-state index >= 15 is 0 Å². The monoisotopic (exact) mass is 319 g/mol. The molecule has 2 rings (SSSR count). The standard InChI is InChI=1S/C16H17NO4S/c1-11-9-22-10-13(11)7-14(15(18)19)17-16(20)21-8-12-5-3-2-4-6-12/h2-6,9-10,14H,7-8H2,1H3,(H,17,20)(H,18,19). The smallest absolute Gasteiger partial charge is 0.408 e. The molecule has 2 aromatic rings. The summed E-state index contributed by atoms with van der Waals surface area (Å²) in [6.07, 6.45) is -0.491. The molecule has 0 saturated carbocycles. The van der Waals surface area contributed by atoms with E-state index in [-0.39, 0.29) is 13.0 Å². The highest BCUT2D eigenvalue weighted by atomic mass is 32.1. The Balaban J connectivity index is 1.89. The van der Waals surface area contributed by atoms with Gasteiger partial charge in [0.15, 0.2) is 0 Å². The summed E-state index contributed by atoms with van der Waals surface area (Å²) in [5.74, 6) is -1.08. The Labute approximate surface area is 132 Å². The number of carbonyl (C=O) groups is 2. The maximum atomic E-state index is 11.8. The van der Waals surface area contributed by atoms with Crippen LogP contribution in [0.25, 0.3) is 0 Å². The van der Waals surface area contributed by atoms with Gasteiger partial charge in [-0.1, -0.05) is 30.3 Å². The molecule has 5 nitrogen and oxygen atoms in total. The second kappa shape index (κ2) is 7.61. The molecule has 1 aromatic heterocycles. The fourth-order valence-corrected chi connectivity index (χ4v) is 2.79. The second-order valence-electron chi connectivity index (χ2n) is 4.88. The molecule has 0 aliphatic carbocycles. The normalized spacial score (nSPS) is 11.7. The van der Waals surface area contributed by atoms with Crippen LogP contribution in [0.4, 0.5) is 4.79 Å². The summed E-state index contributed by atoms with van der Waals surface area (Å²) in [5.41, 5.74) is 2.79. The molecule has 116 valence electrons. The molecule has 1 heterocycles. The summed E-state index contributed by atoms with van der Waals surface area (Å²) in [6, 6.07) is 8.21. The van der Waals surface area contributed by atoms with Crippen molar-refractivity contribution in [2.45, 2.75) is 26.0 Å². The first-order chi connectivity index (χ1) is 10.6. The number of amides is 1. The Bertz CT molecular complexity index is 639. The molecule has 0 spiro atoms. The predicted molar refractivity (Wildman–Crippen MR) is 83.9 cm³/mol. The molecule has 0 bridgehead atoms. The molecule has 1 unspecified atom stereocenters. The maximum Gasteiger partial charge on any atom is 0.408 e. The number of hydrogen-bond donors (Lipinski definition) is 2.